The zero-order valence-corrected chi connectivity index (χ0v) is 17.2. The maximum atomic E-state index is 13.4. The van der Waals surface area contributed by atoms with Crippen LogP contribution in [0.4, 0.5) is 5.69 Å². The van der Waals surface area contributed by atoms with Crippen LogP contribution in [0.3, 0.4) is 0 Å². The maximum absolute atomic E-state index is 13.4. The van der Waals surface area contributed by atoms with Crippen LogP contribution in [0, 0.1) is 13.8 Å². The van der Waals surface area contributed by atoms with E-state index in [2.05, 4.69) is 0 Å². The first-order chi connectivity index (χ1) is 13.4. The highest BCUT2D eigenvalue weighted by Gasteiger charge is 2.34. The summed E-state index contributed by atoms with van der Waals surface area (Å²) in [5.41, 5.74) is 5.58. The van der Waals surface area contributed by atoms with Crippen molar-refractivity contribution in [2.75, 3.05) is 12.0 Å². The number of ether oxygens (including phenoxy) is 1. The minimum Gasteiger partial charge on any atom is -0.497 e. The molecule has 2 aromatic carbocycles. The number of carbonyl (C=O) groups is 1. The van der Waals surface area contributed by atoms with E-state index in [1.165, 1.54) is 0 Å². The van der Waals surface area contributed by atoms with E-state index in [0.717, 1.165) is 39.5 Å². The Hall–Kier alpha value is -2.56. The lowest BCUT2D eigenvalue weighted by Crippen LogP contribution is -2.23. The van der Waals surface area contributed by atoms with Gasteiger partial charge in [0.25, 0.3) is 5.91 Å². The summed E-state index contributed by atoms with van der Waals surface area (Å²) in [6, 6.07) is 12.8. The fourth-order valence-electron chi connectivity index (χ4n) is 3.56. The molecular formula is C22H18Cl2N2O2. The fourth-order valence-corrected chi connectivity index (χ4v) is 4.06. The summed E-state index contributed by atoms with van der Waals surface area (Å²) >= 11 is 12.5. The summed E-state index contributed by atoms with van der Waals surface area (Å²) < 4.78 is 5.21. The average Bonchev–Trinajstić information content (AvgIpc) is 3.00. The van der Waals surface area contributed by atoms with Crippen molar-refractivity contribution in [2.45, 2.75) is 20.4 Å². The second-order valence-corrected chi connectivity index (χ2v) is 7.58. The summed E-state index contributed by atoms with van der Waals surface area (Å²) in [5.74, 6) is 0.656. The van der Waals surface area contributed by atoms with Gasteiger partial charge in [0.15, 0.2) is 0 Å². The first-order valence-electron chi connectivity index (χ1n) is 8.82. The molecule has 0 radical (unpaired) electrons. The van der Waals surface area contributed by atoms with Crippen molar-refractivity contribution in [3.63, 3.8) is 0 Å². The predicted molar refractivity (Wildman–Crippen MR) is 113 cm³/mol. The Morgan fingerprint density at radius 2 is 1.75 bits per heavy atom. The Balaban J connectivity index is 1.86. The monoisotopic (exact) mass is 412 g/mol. The molecule has 4 rings (SSSR count). The highest BCUT2D eigenvalue weighted by molar-refractivity contribution is 6.36. The minimum atomic E-state index is -0.0863. The van der Waals surface area contributed by atoms with E-state index in [4.69, 9.17) is 32.9 Å². The number of benzene rings is 2. The molecule has 0 N–H and O–H groups in total. The number of methoxy groups -OCH3 is 1. The fraction of sp³-hybridized carbons (Fsp3) is 0.182. The van der Waals surface area contributed by atoms with Gasteiger partial charge in [-0.2, -0.15) is 0 Å². The predicted octanol–water partition coefficient (Wildman–Crippen LogP) is 5.84. The van der Waals surface area contributed by atoms with Gasteiger partial charge in [-0.05, 0) is 55.8 Å². The lowest BCUT2D eigenvalue weighted by Gasteiger charge is -2.17. The molecule has 2 heterocycles. The van der Waals surface area contributed by atoms with Gasteiger partial charge in [-0.1, -0.05) is 29.3 Å². The lowest BCUT2D eigenvalue weighted by atomic mass is 9.94. The first kappa shape index (κ1) is 18.8. The molecule has 0 unspecified atom stereocenters. The Morgan fingerprint density at radius 1 is 1.04 bits per heavy atom. The van der Waals surface area contributed by atoms with Crippen LogP contribution in [0.15, 0.2) is 42.5 Å². The van der Waals surface area contributed by atoms with Gasteiger partial charge < -0.3 is 9.64 Å². The van der Waals surface area contributed by atoms with Crippen LogP contribution in [0.2, 0.25) is 10.0 Å². The minimum absolute atomic E-state index is 0.0863. The zero-order valence-electron chi connectivity index (χ0n) is 15.7. The molecule has 4 nitrogen and oxygen atoms in total. The largest absolute Gasteiger partial charge is 0.497 e. The summed E-state index contributed by atoms with van der Waals surface area (Å²) in [6.45, 7) is 4.33. The van der Waals surface area contributed by atoms with Crippen LogP contribution < -0.4 is 9.64 Å². The number of rotatable bonds is 3. The number of halogens is 2. The van der Waals surface area contributed by atoms with Gasteiger partial charge in [0.2, 0.25) is 0 Å². The lowest BCUT2D eigenvalue weighted by molar-refractivity contribution is 0.0997. The van der Waals surface area contributed by atoms with Crippen LogP contribution in [-0.4, -0.2) is 18.0 Å². The summed E-state index contributed by atoms with van der Waals surface area (Å²) in [4.78, 5) is 19.8. The second-order valence-electron chi connectivity index (χ2n) is 6.73. The molecule has 0 bridgehead atoms. The zero-order chi connectivity index (χ0) is 20.0. The van der Waals surface area contributed by atoms with Crippen LogP contribution in [0.1, 0.15) is 27.3 Å². The molecule has 6 heteroatoms. The number of aryl methyl sites for hydroxylation is 1. The topological polar surface area (TPSA) is 42.4 Å². The molecule has 142 valence electrons. The molecule has 1 aliphatic rings. The van der Waals surface area contributed by atoms with Crippen molar-refractivity contribution < 1.29 is 9.53 Å². The summed E-state index contributed by atoms with van der Waals surface area (Å²) in [6.07, 6.45) is 0. The highest BCUT2D eigenvalue weighted by atomic mass is 35.5. The van der Waals surface area contributed by atoms with Gasteiger partial charge in [0.05, 0.1) is 24.9 Å². The van der Waals surface area contributed by atoms with Gasteiger partial charge in [0.1, 0.15) is 5.75 Å². The quantitative estimate of drug-likeness (QED) is 0.542. The molecular weight excluding hydrogens is 395 g/mol. The number of nitrogens with zero attached hydrogens (tertiary/aromatic N) is 2. The van der Waals surface area contributed by atoms with E-state index < -0.39 is 0 Å². The number of fused-ring (bicyclic) bond motifs is 1. The van der Waals surface area contributed by atoms with Gasteiger partial charge in [0, 0.05) is 32.6 Å². The van der Waals surface area contributed by atoms with Crippen LogP contribution in [0.5, 0.6) is 5.75 Å². The number of hydrogen-bond acceptors (Lipinski definition) is 3. The third kappa shape index (κ3) is 3.03. The van der Waals surface area contributed by atoms with Crippen molar-refractivity contribution in [2.24, 2.45) is 0 Å². The van der Waals surface area contributed by atoms with Crippen LogP contribution in [0.25, 0.3) is 11.1 Å². The number of carbonyl (C=O) groups excluding carboxylic acids is 1. The molecule has 0 aliphatic carbocycles. The number of anilines is 1. The maximum Gasteiger partial charge on any atom is 0.261 e. The SMILES string of the molecule is COc1ccc(N2Cc3nc(C)c(C)c(-c4ccc(Cl)cc4Cl)c3C2=O)cc1. The highest BCUT2D eigenvalue weighted by Crippen LogP contribution is 2.40. The molecule has 0 saturated carbocycles. The standard InChI is InChI=1S/C22H18Cl2N2O2/c1-12-13(2)25-19-11-26(15-5-7-16(28-3)8-6-15)22(27)21(19)20(12)17-9-4-14(23)10-18(17)24/h4-10H,11H2,1-3H3. The number of aromatic nitrogens is 1. The van der Waals surface area contributed by atoms with E-state index in [-0.39, 0.29) is 5.91 Å². The van der Waals surface area contributed by atoms with E-state index in [0.29, 0.717) is 22.2 Å². The normalized spacial score (nSPS) is 13.0. The van der Waals surface area contributed by atoms with Crippen molar-refractivity contribution in [3.05, 3.63) is 75.0 Å². The van der Waals surface area contributed by atoms with Gasteiger partial charge >= 0.3 is 0 Å². The van der Waals surface area contributed by atoms with Gasteiger partial charge in [-0.25, -0.2) is 0 Å². The van der Waals surface area contributed by atoms with Crippen molar-refractivity contribution >= 4 is 34.8 Å². The molecule has 1 amide bonds. The molecule has 1 aromatic heterocycles. The third-order valence-corrected chi connectivity index (χ3v) is 5.66. The van der Waals surface area contributed by atoms with Crippen molar-refractivity contribution in [1.29, 1.82) is 0 Å². The van der Waals surface area contributed by atoms with Crippen molar-refractivity contribution in [3.8, 4) is 16.9 Å². The number of hydrogen-bond donors (Lipinski definition) is 0. The molecule has 28 heavy (non-hydrogen) atoms. The molecule has 0 fully saturated rings. The van der Waals surface area contributed by atoms with Crippen LogP contribution in [-0.2, 0) is 6.54 Å². The Morgan fingerprint density at radius 3 is 2.39 bits per heavy atom. The second kappa shape index (κ2) is 7.12. The summed E-state index contributed by atoms with van der Waals surface area (Å²) in [7, 11) is 1.61. The summed E-state index contributed by atoms with van der Waals surface area (Å²) in [5, 5.41) is 1.07. The third-order valence-electron chi connectivity index (χ3n) is 5.11. The number of pyridine rings is 1. The molecule has 0 atom stereocenters. The first-order valence-corrected chi connectivity index (χ1v) is 9.57. The van der Waals surface area contributed by atoms with E-state index >= 15 is 0 Å². The molecule has 3 aromatic rings. The molecule has 1 aliphatic heterocycles. The van der Waals surface area contributed by atoms with E-state index in [1.807, 2.05) is 44.2 Å². The Kier molecular flexibility index (Phi) is 4.77. The van der Waals surface area contributed by atoms with E-state index in [9.17, 15) is 4.79 Å². The number of amides is 1. The van der Waals surface area contributed by atoms with E-state index in [1.54, 1.807) is 24.1 Å². The molecule has 0 spiro atoms. The van der Waals surface area contributed by atoms with Crippen molar-refractivity contribution in [1.82, 2.24) is 4.98 Å². The van der Waals surface area contributed by atoms with Gasteiger partial charge in [-0.3, -0.25) is 9.78 Å². The smallest absolute Gasteiger partial charge is 0.261 e. The van der Waals surface area contributed by atoms with Crippen LogP contribution >= 0.6 is 23.2 Å². The van der Waals surface area contributed by atoms with Gasteiger partial charge in [-0.15, -0.1) is 0 Å². The Labute approximate surface area is 173 Å². The Bertz CT molecular complexity index is 1090. The molecule has 0 saturated heterocycles. The average molecular weight is 413 g/mol.